The van der Waals surface area contributed by atoms with Gasteiger partial charge in [0.2, 0.25) is 5.91 Å². The average molecular weight is 311 g/mol. The third kappa shape index (κ3) is 4.10. The summed E-state index contributed by atoms with van der Waals surface area (Å²) < 4.78 is 1.02. The number of halogens is 1. The molecule has 0 bridgehead atoms. The summed E-state index contributed by atoms with van der Waals surface area (Å²) in [5, 5.41) is 2.95. The summed E-state index contributed by atoms with van der Waals surface area (Å²) in [6.45, 7) is 2.19. The Morgan fingerprint density at radius 2 is 2.17 bits per heavy atom. The summed E-state index contributed by atoms with van der Waals surface area (Å²) in [5.41, 5.74) is 0.868. The van der Waals surface area contributed by atoms with Crippen molar-refractivity contribution < 1.29 is 4.79 Å². The van der Waals surface area contributed by atoms with E-state index < -0.39 is 0 Å². The molecular formula is C14H19BrN2O. The van der Waals surface area contributed by atoms with Gasteiger partial charge in [0.25, 0.3) is 0 Å². The van der Waals surface area contributed by atoms with Gasteiger partial charge >= 0.3 is 0 Å². The Morgan fingerprint density at radius 1 is 1.44 bits per heavy atom. The lowest BCUT2D eigenvalue weighted by Gasteiger charge is -2.29. The number of hydrogen-bond donors (Lipinski definition) is 1. The van der Waals surface area contributed by atoms with Crippen LogP contribution < -0.4 is 5.32 Å². The second-order valence-corrected chi connectivity index (χ2v) is 5.95. The molecule has 1 N–H and O–H groups in total. The van der Waals surface area contributed by atoms with Crippen LogP contribution >= 0.6 is 15.9 Å². The van der Waals surface area contributed by atoms with Gasteiger partial charge in [0.15, 0.2) is 0 Å². The molecule has 1 unspecified atom stereocenters. The fourth-order valence-corrected chi connectivity index (χ4v) is 2.71. The molecule has 1 heterocycles. The zero-order valence-corrected chi connectivity index (χ0v) is 12.2. The minimum absolute atomic E-state index is 0.123. The van der Waals surface area contributed by atoms with E-state index in [9.17, 15) is 4.79 Å². The molecule has 1 atom stereocenters. The van der Waals surface area contributed by atoms with E-state index >= 15 is 0 Å². The molecule has 1 saturated heterocycles. The first-order valence-corrected chi connectivity index (χ1v) is 7.17. The second-order valence-electron chi connectivity index (χ2n) is 5.03. The Balaban J connectivity index is 1.83. The Labute approximate surface area is 117 Å². The van der Waals surface area contributed by atoms with Crippen LogP contribution in [0.2, 0.25) is 0 Å². The van der Waals surface area contributed by atoms with Crippen LogP contribution in [0.1, 0.15) is 19.3 Å². The summed E-state index contributed by atoms with van der Waals surface area (Å²) in [5.74, 6) is 0.622. The van der Waals surface area contributed by atoms with Crippen LogP contribution in [0.3, 0.4) is 0 Å². The molecule has 0 aliphatic carbocycles. The number of likely N-dealkylation sites (tertiary alicyclic amines) is 1. The highest BCUT2D eigenvalue weighted by atomic mass is 79.9. The van der Waals surface area contributed by atoms with Crippen molar-refractivity contribution in [2.45, 2.75) is 19.3 Å². The Bertz CT molecular complexity index is 405. The lowest BCUT2D eigenvalue weighted by atomic mass is 9.95. The van der Waals surface area contributed by atoms with Gasteiger partial charge in [0, 0.05) is 23.1 Å². The van der Waals surface area contributed by atoms with Crippen LogP contribution in [-0.2, 0) is 4.79 Å². The molecule has 98 valence electrons. The molecule has 1 aromatic rings. The SMILES string of the molecule is CN1CCCC(CC(=O)Nc2ccc(Br)cc2)C1. The minimum atomic E-state index is 0.123. The molecule has 1 fully saturated rings. The molecule has 0 saturated carbocycles. The highest BCUT2D eigenvalue weighted by Crippen LogP contribution is 2.20. The number of carbonyl (C=O) groups is 1. The molecule has 4 heteroatoms. The number of hydrogen-bond acceptors (Lipinski definition) is 2. The maximum absolute atomic E-state index is 11.9. The van der Waals surface area contributed by atoms with Gasteiger partial charge in [-0.05, 0) is 56.6 Å². The minimum Gasteiger partial charge on any atom is -0.326 e. The summed E-state index contributed by atoms with van der Waals surface area (Å²) in [6, 6.07) is 7.69. The number of carbonyl (C=O) groups excluding carboxylic acids is 1. The molecule has 1 aliphatic heterocycles. The van der Waals surface area contributed by atoms with E-state index in [0.29, 0.717) is 12.3 Å². The van der Waals surface area contributed by atoms with Crippen LogP contribution in [0.5, 0.6) is 0 Å². The molecule has 1 aromatic carbocycles. The maximum atomic E-state index is 11.9. The van der Waals surface area contributed by atoms with E-state index in [1.165, 1.54) is 6.42 Å². The van der Waals surface area contributed by atoms with Crippen LogP contribution in [-0.4, -0.2) is 30.9 Å². The monoisotopic (exact) mass is 310 g/mol. The highest BCUT2D eigenvalue weighted by molar-refractivity contribution is 9.10. The zero-order chi connectivity index (χ0) is 13.0. The number of amides is 1. The fraction of sp³-hybridized carbons (Fsp3) is 0.500. The van der Waals surface area contributed by atoms with Crippen molar-refractivity contribution in [2.75, 3.05) is 25.5 Å². The summed E-state index contributed by atoms with van der Waals surface area (Å²) in [7, 11) is 2.12. The first-order chi connectivity index (χ1) is 8.63. The first kappa shape index (κ1) is 13.6. The van der Waals surface area contributed by atoms with E-state index in [-0.39, 0.29) is 5.91 Å². The van der Waals surface area contributed by atoms with Crippen LogP contribution in [0.4, 0.5) is 5.69 Å². The van der Waals surface area contributed by atoms with Crippen molar-refractivity contribution in [3.63, 3.8) is 0 Å². The van der Waals surface area contributed by atoms with E-state index in [1.807, 2.05) is 24.3 Å². The van der Waals surface area contributed by atoms with Gasteiger partial charge in [-0.3, -0.25) is 4.79 Å². The first-order valence-electron chi connectivity index (χ1n) is 6.37. The molecule has 0 spiro atoms. The number of nitrogens with one attached hydrogen (secondary N) is 1. The Kier molecular flexibility index (Phi) is 4.78. The van der Waals surface area contributed by atoms with Crippen LogP contribution in [0.25, 0.3) is 0 Å². The number of benzene rings is 1. The van der Waals surface area contributed by atoms with Crippen LogP contribution in [0.15, 0.2) is 28.7 Å². The second kappa shape index (κ2) is 6.34. The Morgan fingerprint density at radius 3 is 2.83 bits per heavy atom. The lowest BCUT2D eigenvalue weighted by molar-refractivity contribution is -0.117. The normalized spacial score (nSPS) is 20.7. The van der Waals surface area contributed by atoms with E-state index in [2.05, 4.69) is 33.2 Å². The van der Waals surface area contributed by atoms with E-state index in [1.54, 1.807) is 0 Å². The number of nitrogens with zero attached hydrogens (tertiary/aromatic N) is 1. The zero-order valence-electron chi connectivity index (χ0n) is 10.7. The topological polar surface area (TPSA) is 32.3 Å². The van der Waals surface area contributed by atoms with Gasteiger partial charge < -0.3 is 10.2 Å². The van der Waals surface area contributed by atoms with Gasteiger partial charge in [-0.25, -0.2) is 0 Å². The molecule has 1 aliphatic rings. The van der Waals surface area contributed by atoms with Crippen molar-refractivity contribution >= 4 is 27.5 Å². The number of rotatable bonds is 3. The van der Waals surface area contributed by atoms with Gasteiger partial charge in [-0.1, -0.05) is 15.9 Å². The van der Waals surface area contributed by atoms with E-state index in [4.69, 9.17) is 0 Å². The number of anilines is 1. The molecule has 3 nitrogen and oxygen atoms in total. The summed E-state index contributed by atoms with van der Waals surface area (Å²) in [4.78, 5) is 14.2. The maximum Gasteiger partial charge on any atom is 0.224 e. The van der Waals surface area contributed by atoms with Gasteiger partial charge in [0.05, 0.1) is 0 Å². The van der Waals surface area contributed by atoms with Gasteiger partial charge in [0.1, 0.15) is 0 Å². The molecule has 1 amide bonds. The predicted molar refractivity (Wildman–Crippen MR) is 77.6 cm³/mol. The quantitative estimate of drug-likeness (QED) is 0.930. The van der Waals surface area contributed by atoms with Gasteiger partial charge in [-0.2, -0.15) is 0 Å². The summed E-state index contributed by atoms with van der Waals surface area (Å²) in [6.07, 6.45) is 2.99. The molecule has 2 rings (SSSR count). The molecular weight excluding hydrogens is 292 g/mol. The lowest BCUT2D eigenvalue weighted by Crippen LogP contribution is -2.34. The average Bonchev–Trinajstić information content (AvgIpc) is 2.32. The van der Waals surface area contributed by atoms with Crippen LogP contribution in [0, 0.1) is 5.92 Å². The molecule has 0 aromatic heterocycles. The molecule has 0 radical (unpaired) electrons. The highest BCUT2D eigenvalue weighted by Gasteiger charge is 2.19. The van der Waals surface area contributed by atoms with Gasteiger partial charge in [-0.15, -0.1) is 0 Å². The van der Waals surface area contributed by atoms with Crippen molar-refractivity contribution in [1.82, 2.24) is 4.90 Å². The molecule has 18 heavy (non-hydrogen) atoms. The van der Waals surface area contributed by atoms with Crippen molar-refractivity contribution in [3.8, 4) is 0 Å². The van der Waals surface area contributed by atoms with Crippen molar-refractivity contribution in [1.29, 1.82) is 0 Å². The Hall–Kier alpha value is -0.870. The van der Waals surface area contributed by atoms with E-state index in [0.717, 1.165) is 29.7 Å². The van der Waals surface area contributed by atoms with Crippen molar-refractivity contribution in [2.24, 2.45) is 5.92 Å². The smallest absolute Gasteiger partial charge is 0.224 e. The fourth-order valence-electron chi connectivity index (χ4n) is 2.45. The standard InChI is InChI=1S/C14H19BrN2O/c1-17-8-2-3-11(10-17)9-14(18)16-13-6-4-12(15)5-7-13/h4-7,11H,2-3,8-10H2,1H3,(H,16,18). The van der Waals surface area contributed by atoms with Crippen molar-refractivity contribution in [3.05, 3.63) is 28.7 Å². The third-order valence-electron chi connectivity index (χ3n) is 3.32. The predicted octanol–water partition coefficient (Wildman–Crippen LogP) is 3.12. The number of piperidine rings is 1. The largest absolute Gasteiger partial charge is 0.326 e. The third-order valence-corrected chi connectivity index (χ3v) is 3.85. The summed E-state index contributed by atoms with van der Waals surface area (Å²) >= 11 is 3.38.